The minimum Gasteiger partial charge on any atom is -0.483 e. The van der Waals surface area contributed by atoms with Gasteiger partial charge in [0.05, 0.1) is 11.0 Å². The minimum atomic E-state index is -0.102. The van der Waals surface area contributed by atoms with Crippen molar-refractivity contribution in [3.05, 3.63) is 52.4 Å². The summed E-state index contributed by atoms with van der Waals surface area (Å²) < 4.78 is 11.8. The molecule has 1 aromatic carbocycles. The van der Waals surface area contributed by atoms with Crippen LogP contribution >= 0.6 is 15.9 Å². The third-order valence-corrected chi connectivity index (χ3v) is 3.46. The number of nitrogens with zero attached hydrogens (tertiary/aromatic N) is 1. The van der Waals surface area contributed by atoms with E-state index < -0.39 is 0 Å². The van der Waals surface area contributed by atoms with Gasteiger partial charge < -0.3 is 14.1 Å². The van der Waals surface area contributed by atoms with Crippen LogP contribution in [0.1, 0.15) is 11.5 Å². The van der Waals surface area contributed by atoms with E-state index in [0.29, 0.717) is 12.3 Å². The zero-order chi connectivity index (χ0) is 14.5. The van der Waals surface area contributed by atoms with Gasteiger partial charge in [-0.1, -0.05) is 12.1 Å². The maximum atomic E-state index is 12.0. The molecule has 0 atom stereocenters. The Bertz CT molecular complexity index is 594. The van der Waals surface area contributed by atoms with Gasteiger partial charge in [0.2, 0.25) is 0 Å². The summed E-state index contributed by atoms with van der Waals surface area (Å²) in [7, 11) is 1.73. The highest BCUT2D eigenvalue weighted by Gasteiger charge is 2.12. The predicted octanol–water partition coefficient (Wildman–Crippen LogP) is 3.39. The van der Waals surface area contributed by atoms with Crippen molar-refractivity contribution in [1.29, 1.82) is 0 Å². The Hall–Kier alpha value is -1.75. The highest BCUT2D eigenvalue weighted by molar-refractivity contribution is 9.10. The van der Waals surface area contributed by atoms with Gasteiger partial charge in [0, 0.05) is 7.05 Å². The second-order valence-corrected chi connectivity index (χ2v) is 5.34. The van der Waals surface area contributed by atoms with Crippen molar-refractivity contribution in [1.82, 2.24) is 4.90 Å². The van der Waals surface area contributed by atoms with Crippen LogP contribution in [-0.4, -0.2) is 24.5 Å². The number of carbonyl (C=O) groups excluding carboxylic acids is 1. The molecule has 0 fully saturated rings. The lowest BCUT2D eigenvalue weighted by Crippen LogP contribution is -2.30. The molecule has 0 aliphatic heterocycles. The van der Waals surface area contributed by atoms with Crippen molar-refractivity contribution in [2.45, 2.75) is 13.5 Å². The molecule has 1 heterocycles. The van der Waals surface area contributed by atoms with Crippen LogP contribution in [0.3, 0.4) is 0 Å². The van der Waals surface area contributed by atoms with Gasteiger partial charge in [0.15, 0.2) is 6.61 Å². The smallest absolute Gasteiger partial charge is 0.260 e. The molecule has 2 aromatic rings. The number of benzene rings is 1. The number of halogens is 1. The Kier molecular flexibility index (Phi) is 4.84. The Balaban J connectivity index is 1.87. The summed E-state index contributed by atoms with van der Waals surface area (Å²) in [6.45, 7) is 2.31. The summed E-state index contributed by atoms with van der Waals surface area (Å²) >= 11 is 3.38. The van der Waals surface area contributed by atoms with E-state index in [0.717, 1.165) is 16.0 Å². The van der Waals surface area contributed by atoms with Gasteiger partial charge in [0.1, 0.15) is 17.3 Å². The SMILES string of the molecule is Cc1ccc(CN(C)C(=O)COc2ccccc2Br)o1. The van der Waals surface area contributed by atoms with Gasteiger partial charge in [0.25, 0.3) is 5.91 Å². The van der Waals surface area contributed by atoms with Crippen LogP contribution in [0.2, 0.25) is 0 Å². The molecular weight excluding hydrogens is 322 g/mol. The molecule has 5 heteroatoms. The average molecular weight is 338 g/mol. The van der Waals surface area contributed by atoms with Gasteiger partial charge in [-0.15, -0.1) is 0 Å². The van der Waals surface area contributed by atoms with E-state index in [4.69, 9.17) is 9.15 Å². The summed E-state index contributed by atoms with van der Waals surface area (Å²) in [6.07, 6.45) is 0. The quantitative estimate of drug-likeness (QED) is 0.839. The molecule has 0 N–H and O–H groups in total. The number of carbonyl (C=O) groups is 1. The average Bonchev–Trinajstić information content (AvgIpc) is 2.82. The largest absolute Gasteiger partial charge is 0.483 e. The second kappa shape index (κ2) is 6.61. The highest BCUT2D eigenvalue weighted by atomic mass is 79.9. The Morgan fingerprint density at radius 3 is 2.70 bits per heavy atom. The minimum absolute atomic E-state index is 0.00119. The Labute approximate surface area is 126 Å². The van der Waals surface area contributed by atoms with Crippen molar-refractivity contribution in [3.63, 3.8) is 0 Å². The Morgan fingerprint density at radius 2 is 2.05 bits per heavy atom. The molecule has 4 nitrogen and oxygen atoms in total. The van der Waals surface area contributed by atoms with E-state index in [1.54, 1.807) is 11.9 Å². The predicted molar refractivity (Wildman–Crippen MR) is 79.6 cm³/mol. The fraction of sp³-hybridized carbons (Fsp3) is 0.267. The first-order valence-corrected chi connectivity index (χ1v) is 7.02. The van der Waals surface area contributed by atoms with Crippen LogP contribution in [0.25, 0.3) is 0 Å². The number of amides is 1. The maximum absolute atomic E-state index is 12.0. The number of hydrogen-bond donors (Lipinski definition) is 0. The molecule has 1 amide bonds. The standard InChI is InChI=1S/C15H16BrNO3/c1-11-7-8-12(20-11)9-17(2)15(18)10-19-14-6-4-3-5-13(14)16/h3-8H,9-10H2,1-2H3. The van der Waals surface area contributed by atoms with Crippen molar-refractivity contribution < 1.29 is 13.9 Å². The normalized spacial score (nSPS) is 10.3. The lowest BCUT2D eigenvalue weighted by Gasteiger charge is -2.16. The first kappa shape index (κ1) is 14.7. The molecule has 0 spiro atoms. The van der Waals surface area contributed by atoms with Gasteiger partial charge in [-0.2, -0.15) is 0 Å². The molecule has 0 bridgehead atoms. The van der Waals surface area contributed by atoms with Crippen LogP contribution in [0.5, 0.6) is 5.75 Å². The molecule has 20 heavy (non-hydrogen) atoms. The third kappa shape index (κ3) is 3.87. The number of hydrogen-bond acceptors (Lipinski definition) is 3. The lowest BCUT2D eigenvalue weighted by molar-refractivity contribution is -0.132. The van der Waals surface area contributed by atoms with E-state index >= 15 is 0 Å². The molecular formula is C15H16BrNO3. The fourth-order valence-electron chi connectivity index (χ4n) is 1.70. The van der Waals surface area contributed by atoms with Gasteiger partial charge in [-0.05, 0) is 47.1 Å². The second-order valence-electron chi connectivity index (χ2n) is 4.48. The molecule has 0 saturated carbocycles. The fourth-order valence-corrected chi connectivity index (χ4v) is 2.10. The monoisotopic (exact) mass is 337 g/mol. The van der Waals surface area contributed by atoms with E-state index in [1.165, 1.54) is 0 Å². The van der Waals surface area contributed by atoms with Crippen LogP contribution in [0.4, 0.5) is 0 Å². The van der Waals surface area contributed by atoms with Gasteiger partial charge in [-0.25, -0.2) is 0 Å². The van der Waals surface area contributed by atoms with Gasteiger partial charge in [-0.3, -0.25) is 4.79 Å². The summed E-state index contributed by atoms with van der Waals surface area (Å²) in [5.74, 6) is 2.16. The summed E-state index contributed by atoms with van der Waals surface area (Å²) in [4.78, 5) is 13.6. The van der Waals surface area contributed by atoms with E-state index in [2.05, 4.69) is 15.9 Å². The number of aryl methyl sites for hydroxylation is 1. The van der Waals surface area contributed by atoms with Crippen LogP contribution in [-0.2, 0) is 11.3 Å². The maximum Gasteiger partial charge on any atom is 0.260 e. The molecule has 0 unspecified atom stereocenters. The van der Waals surface area contributed by atoms with Crippen LogP contribution in [0, 0.1) is 6.92 Å². The molecule has 0 radical (unpaired) electrons. The van der Waals surface area contributed by atoms with Crippen LogP contribution in [0.15, 0.2) is 45.3 Å². The summed E-state index contributed by atoms with van der Waals surface area (Å²) in [6, 6.07) is 11.2. The number of ether oxygens (including phenoxy) is 1. The first-order valence-electron chi connectivity index (χ1n) is 6.23. The molecule has 0 aliphatic rings. The summed E-state index contributed by atoms with van der Waals surface area (Å²) in [5, 5.41) is 0. The van der Waals surface area contributed by atoms with Crippen molar-refractivity contribution in [2.75, 3.05) is 13.7 Å². The summed E-state index contributed by atoms with van der Waals surface area (Å²) in [5.41, 5.74) is 0. The zero-order valence-electron chi connectivity index (χ0n) is 11.4. The molecule has 2 rings (SSSR count). The molecule has 106 valence electrons. The highest BCUT2D eigenvalue weighted by Crippen LogP contribution is 2.23. The van der Waals surface area contributed by atoms with Crippen LogP contribution < -0.4 is 4.74 Å². The van der Waals surface area contributed by atoms with E-state index in [1.807, 2.05) is 43.3 Å². The molecule has 0 aliphatic carbocycles. The first-order chi connectivity index (χ1) is 9.56. The number of likely N-dealkylation sites (N-methyl/N-ethyl adjacent to an activating group) is 1. The Morgan fingerprint density at radius 1 is 1.30 bits per heavy atom. The van der Waals surface area contributed by atoms with E-state index in [9.17, 15) is 4.79 Å². The van der Waals surface area contributed by atoms with E-state index in [-0.39, 0.29) is 12.5 Å². The number of furan rings is 1. The zero-order valence-corrected chi connectivity index (χ0v) is 13.0. The topological polar surface area (TPSA) is 42.7 Å². The third-order valence-electron chi connectivity index (χ3n) is 2.80. The van der Waals surface area contributed by atoms with Crippen molar-refractivity contribution in [2.24, 2.45) is 0 Å². The number of rotatable bonds is 5. The van der Waals surface area contributed by atoms with Crippen molar-refractivity contribution in [3.8, 4) is 5.75 Å². The lowest BCUT2D eigenvalue weighted by atomic mass is 10.3. The molecule has 0 saturated heterocycles. The number of para-hydroxylation sites is 1. The molecule has 1 aromatic heterocycles. The van der Waals surface area contributed by atoms with Gasteiger partial charge >= 0.3 is 0 Å². The van der Waals surface area contributed by atoms with Crippen molar-refractivity contribution >= 4 is 21.8 Å².